The van der Waals surface area contributed by atoms with E-state index in [1.165, 1.54) is 5.56 Å². The number of carboxylic acid groups (broad SMARTS) is 1. The number of β-amino-alcohol motifs (C(OH)–C–C–N with tert-alkyl or cyclic N) is 1. The second-order valence-corrected chi connectivity index (χ2v) is 7.63. The molecule has 0 radical (unpaired) electrons. The number of aliphatic hydroxyl groups is 1. The Labute approximate surface area is 180 Å². The molecule has 164 valence electrons. The predicted octanol–water partition coefficient (Wildman–Crippen LogP) is 1.45. The molecule has 3 aromatic rings. The Morgan fingerprint density at radius 1 is 1.29 bits per heavy atom. The largest absolute Gasteiger partial charge is 0.483 e. The first kappa shape index (κ1) is 22.4. The summed E-state index contributed by atoms with van der Waals surface area (Å²) in [6, 6.07) is 10.1. The number of hydrogen-bond acceptors (Lipinski definition) is 6. The Morgan fingerprint density at radius 3 is 2.74 bits per heavy atom. The summed E-state index contributed by atoms with van der Waals surface area (Å²) in [6.07, 6.45) is 3.80. The summed E-state index contributed by atoms with van der Waals surface area (Å²) in [5.41, 5.74) is 3.80. The molecule has 1 amide bonds. The molecule has 2 atom stereocenters. The number of anilines is 1. The maximum atomic E-state index is 12.4. The monoisotopic (exact) mass is 425 g/mol. The fourth-order valence-electron chi connectivity index (χ4n) is 3.90. The van der Waals surface area contributed by atoms with Crippen LogP contribution in [0, 0.1) is 12.8 Å². The number of rotatable bonds is 5. The number of amides is 1. The smallest absolute Gasteiger partial charge is 0.290 e. The van der Waals surface area contributed by atoms with Crippen LogP contribution in [-0.4, -0.2) is 68.0 Å². The van der Waals surface area contributed by atoms with Crippen LogP contribution in [0.15, 0.2) is 42.7 Å². The third kappa shape index (κ3) is 5.44. The molecular formula is C22H27N5O4. The van der Waals surface area contributed by atoms with Gasteiger partial charge < -0.3 is 15.5 Å². The number of nitrogens with one attached hydrogen (secondary N) is 1. The van der Waals surface area contributed by atoms with Gasteiger partial charge in [0.15, 0.2) is 0 Å². The van der Waals surface area contributed by atoms with Gasteiger partial charge in [-0.1, -0.05) is 18.2 Å². The Morgan fingerprint density at radius 2 is 2.03 bits per heavy atom. The van der Waals surface area contributed by atoms with E-state index in [1.807, 2.05) is 49.3 Å². The quantitative estimate of drug-likeness (QED) is 0.529. The van der Waals surface area contributed by atoms with Crippen LogP contribution in [0.5, 0.6) is 0 Å². The third-order valence-corrected chi connectivity index (χ3v) is 5.58. The molecular weight excluding hydrogens is 398 g/mol. The molecule has 9 heteroatoms. The molecule has 0 saturated carbocycles. The van der Waals surface area contributed by atoms with Gasteiger partial charge in [0.25, 0.3) is 6.47 Å². The average molecular weight is 425 g/mol. The van der Waals surface area contributed by atoms with Crippen LogP contribution >= 0.6 is 0 Å². The van der Waals surface area contributed by atoms with Crippen LogP contribution in [0.4, 0.5) is 5.69 Å². The maximum absolute atomic E-state index is 12.4. The van der Waals surface area contributed by atoms with E-state index in [-0.39, 0.29) is 24.8 Å². The van der Waals surface area contributed by atoms with Crippen molar-refractivity contribution in [3.63, 3.8) is 0 Å². The average Bonchev–Trinajstić information content (AvgIpc) is 3.24. The van der Waals surface area contributed by atoms with Crippen molar-refractivity contribution in [1.82, 2.24) is 19.7 Å². The van der Waals surface area contributed by atoms with Crippen LogP contribution < -0.4 is 5.32 Å². The highest BCUT2D eigenvalue weighted by molar-refractivity contribution is 5.92. The first-order chi connectivity index (χ1) is 14.9. The van der Waals surface area contributed by atoms with Crippen LogP contribution in [0.25, 0.3) is 10.9 Å². The number of likely N-dealkylation sites (tertiary alicyclic amines) is 1. The van der Waals surface area contributed by atoms with Crippen molar-refractivity contribution in [3.8, 4) is 0 Å². The topological polar surface area (TPSA) is 121 Å². The van der Waals surface area contributed by atoms with Crippen molar-refractivity contribution in [2.75, 3.05) is 25.0 Å². The van der Waals surface area contributed by atoms with Crippen LogP contribution in [0.1, 0.15) is 11.3 Å². The van der Waals surface area contributed by atoms with Crippen molar-refractivity contribution in [2.24, 2.45) is 13.0 Å². The number of benzene rings is 1. The molecule has 0 bridgehead atoms. The Bertz CT molecular complexity index is 1050. The molecule has 1 saturated heterocycles. The third-order valence-electron chi connectivity index (χ3n) is 5.58. The number of nitrogens with zero attached hydrogens (tertiary/aromatic N) is 4. The number of pyridine rings is 1. The van der Waals surface area contributed by atoms with Crippen LogP contribution in [0.3, 0.4) is 0 Å². The number of carbonyl (C=O) groups is 2. The van der Waals surface area contributed by atoms with Gasteiger partial charge in [-0.05, 0) is 31.0 Å². The lowest BCUT2D eigenvalue weighted by atomic mass is 9.94. The lowest BCUT2D eigenvalue weighted by Gasteiger charge is -2.16. The van der Waals surface area contributed by atoms with Gasteiger partial charge in [-0.15, -0.1) is 0 Å². The zero-order chi connectivity index (χ0) is 22.4. The van der Waals surface area contributed by atoms with Gasteiger partial charge in [0.2, 0.25) is 5.91 Å². The molecule has 0 aliphatic carbocycles. The van der Waals surface area contributed by atoms with Crippen LogP contribution in [-0.2, 0) is 23.1 Å². The predicted molar refractivity (Wildman–Crippen MR) is 117 cm³/mol. The number of aliphatic hydroxyl groups excluding tert-OH is 1. The number of hydrogen-bond donors (Lipinski definition) is 3. The van der Waals surface area contributed by atoms with Crippen molar-refractivity contribution in [2.45, 2.75) is 19.4 Å². The van der Waals surface area contributed by atoms with Crippen molar-refractivity contribution in [3.05, 3.63) is 54.0 Å². The first-order valence-corrected chi connectivity index (χ1v) is 10.0. The van der Waals surface area contributed by atoms with E-state index in [2.05, 4.69) is 21.5 Å². The molecule has 3 N–H and O–H groups in total. The lowest BCUT2D eigenvalue weighted by molar-refractivity contribution is -0.123. The summed E-state index contributed by atoms with van der Waals surface area (Å²) >= 11 is 0. The van der Waals surface area contributed by atoms with Crippen LogP contribution in [0.2, 0.25) is 0 Å². The standard InChI is InChI=1S/C21H25N5O2.CH2O2/c1-14-19(10-23-25(14)2)24-21(28)13-26-11-16(20(27)12-26)9-15-7-8-22-18-6-4-3-5-17(15)18;2-1-3/h3-8,10,16,20,27H,9,11-13H2,1-2H3,(H,24,28);1H,(H,2,3)/t16-,20-;/m1./s1. The SMILES string of the molecule is Cc1c(NC(=O)CN2C[C@@H](Cc3ccnc4ccccc34)[C@H](O)C2)cnn1C.O=CO. The van der Waals surface area contributed by atoms with E-state index in [4.69, 9.17) is 9.90 Å². The zero-order valence-corrected chi connectivity index (χ0v) is 17.6. The minimum atomic E-state index is -0.445. The molecule has 31 heavy (non-hydrogen) atoms. The molecule has 9 nitrogen and oxygen atoms in total. The first-order valence-electron chi connectivity index (χ1n) is 10.0. The van der Waals surface area contributed by atoms with Crippen molar-refractivity contribution in [1.29, 1.82) is 0 Å². The van der Waals surface area contributed by atoms with E-state index >= 15 is 0 Å². The van der Waals surface area contributed by atoms with E-state index in [0.29, 0.717) is 13.1 Å². The molecule has 1 fully saturated rings. The molecule has 0 spiro atoms. The fourth-order valence-corrected chi connectivity index (χ4v) is 3.90. The highest BCUT2D eigenvalue weighted by atomic mass is 16.3. The van der Waals surface area contributed by atoms with Gasteiger partial charge in [-0.3, -0.25) is 24.2 Å². The van der Waals surface area contributed by atoms with E-state index in [0.717, 1.165) is 28.7 Å². The summed E-state index contributed by atoms with van der Waals surface area (Å²) < 4.78 is 1.73. The molecule has 2 aromatic heterocycles. The highest BCUT2D eigenvalue weighted by Gasteiger charge is 2.32. The molecule has 0 unspecified atom stereocenters. The van der Waals surface area contributed by atoms with E-state index < -0.39 is 6.10 Å². The number of aryl methyl sites for hydroxylation is 1. The van der Waals surface area contributed by atoms with Gasteiger partial charge in [-0.2, -0.15) is 5.10 Å². The summed E-state index contributed by atoms with van der Waals surface area (Å²) in [5, 5.41) is 25.6. The van der Waals surface area contributed by atoms with E-state index in [9.17, 15) is 9.90 Å². The molecule has 1 aromatic carbocycles. The zero-order valence-electron chi connectivity index (χ0n) is 17.6. The van der Waals surface area contributed by atoms with Gasteiger partial charge in [-0.25, -0.2) is 0 Å². The Balaban J connectivity index is 0.000000858. The minimum Gasteiger partial charge on any atom is -0.483 e. The van der Waals surface area contributed by atoms with Gasteiger partial charge in [0.1, 0.15) is 0 Å². The van der Waals surface area contributed by atoms with E-state index in [1.54, 1.807) is 10.9 Å². The Hall–Kier alpha value is -3.30. The highest BCUT2D eigenvalue weighted by Crippen LogP contribution is 2.25. The maximum Gasteiger partial charge on any atom is 0.290 e. The molecule has 3 heterocycles. The minimum absolute atomic E-state index is 0.0849. The number of fused-ring (bicyclic) bond motifs is 1. The van der Waals surface area contributed by atoms with Crippen molar-refractivity contribution < 1.29 is 19.8 Å². The molecule has 1 aliphatic heterocycles. The lowest BCUT2D eigenvalue weighted by Crippen LogP contribution is -2.32. The fraction of sp³-hybridized carbons (Fsp3) is 0.364. The van der Waals surface area contributed by atoms with Gasteiger partial charge in [0, 0.05) is 37.6 Å². The normalized spacial score (nSPS) is 18.4. The van der Waals surface area contributed by atoms with Crippen molar-refractivity contribution >= 4 is 29.0 Å². The van der Waals surface area contributed by atoms with Gasteiger partial charge in [0.05, 0.1) is 35.7 Å². The summed E-state index contributed by atoms with van der Waals surface area (Å²) in [6.45, 7) is 3.13. The van der Waals surface area contributed by atoms with Gasteiger partial charge >= 0.3 is 0 Å². The molecule has 4 rings (SSSR count). The molecule has 1 aliphatic rings. The number of carbonyl (C=O) groups excluding carboxylic acids is 1. The number of aromatic nitrogens is 3. The number of para-hydroxylation sites is 1. The second-order valence-electron chi connectivity index (χ2n) is 7.63. The Kier molecular flexibility index (Phi) is 7.32. The summed E-state index contributed by atoms with van der Waals surface area (Å²) in [7, 11) is 1.84. The second kappa shape index (κ2) is 10.1. The summed E-state index contributed by atoms with van der Waals surface area (Å²) in [5.74, 6) is 0.0112. The summed E-state index contributed by atoms with van der Waals surface area (Å²) in [4.78, 5) is 27.2.